The van der Waals surface area contributed by atoms with Crippen molar-refractivity contribution in [1.29, 1.82) is 0 Å². The molecule has 0 aliphatic rings. The second-order valence-electron chi connectivity index (χ2n) is 1.66. The molecule has 0 fully saturated rings. The van der Waals surface area contributed by atoms with Gasteiger partial charge >= 0.3 is 0 Å². The Labute approximate surface area is 79.6 Å². The van der Waals surface area contributed by atoms with Crippen LogP contribution in [0.5, 0.6) is 0 Å². The quantitative estimate of drug-likeness (QED) is 0.756. The van der Waals surface area contributed by atoms with Crippen LogP contribution in [0.3, 0.4) is 0 Å². The standard InChI is InChI=1S/C4H8Br3NO/c5-4(6,7)3(8)1-2-9/h3,9H,1-2,8H2. The van der Waals surface area contributed by atoms with E-state index in [0.29, 0.717) is 6.42 Å². The van der Waals surface area contributed by atoms with Crippen LogP contribution in [0.25, 0.3) is 0 Å². The zero-order chi connectivity index (χ0) is 7.49. The summed E-state index contributed by atoms with van der Waals surface area (Å²) in [4.78, 5) is 0. The molecule has 3 N–H and O–H groups in total. The van der Waals surface area contributed by atoms with E-state index in [1.54, 1.807) is 0 Å². The Balaban J connectivity index is 3.59. The molecule has 0 amide bonds. The van der Waals surface area contributed by atoms with E-state index in [2.05, 4.69) is 47.8 Å². The van der Waals surface area contributed by atoms with Crippen LogP contribution in [0, 0.1) is 0 Å². The van der Waals surface area contributed by atoms with Gasteiger partial charge in [-0.1, -0.05) is 47.8 Å². The minimum atomic E-state index is -0.435. The number of hydrogen-bond acceptors (Lipinski definition) is 2. The van der Waals surface area contributed by atoms with Crippen molar-refractivity contribution in [3.05, 3.63) is 0 Å². The zero-order valence-corrected chi connectivity index (χ0v) is 9.41. The lowest BCUT2D eigenvalue weighted by Gasteiger charge is -2.19. The predicted octanol–water partition coefficient (Wildman–Crippen LogP) is 1.53. The Bertz CT molecular complexity index is 82.4. The van der Waals surface area contributed by atoms with Crippen LogP contribution in [0.4, 0.5) is 0 Å². The summed E-state index contributed by atoms with van der Waals surface area (Å²) < 4.78 is -0.435. The minimum Gasteiger partial charge on any atom is -0.396 e. The average Bonchev–Trinajstić information content (AvgIpc) is 1.64. The molecule has 0 saturated heterocycles. The van der Waals surface area contributed by atoms with Gasteiger partial charge in [0.15, 0.2) is 0 Å². The molecule has 0 saturated carbocycles. The van der Waals surface area contributed by atoms with E-state index in [1.807, 2.05) is 0 Å². The molecule has 0 radical (unpaired) electrons. The monoisotopic (exact) mass is 323 g/mol. The van der Waals surface area contributed by atoms with Crippen LogP contribution in [0.15, 0.2) is 0 Å². The number of halogens is 3. The van der Waals surface area contributed by atoms with Crippen molar-refractivity contribution in [2.45, 2.75) is 14.6 Å². The number of rotatable bonds is 2. The summed E-state index contributed by atoms with van der Waals surface area (Å²) in [6.45, 7) is 0.103. The summed E-state index contributed by atoms with van der Waals surface area (Å²) >= 11 is 9.73. The fraction of sp³-hybridized carbons (Fsp3) is 1.00. The molecular weight excluding hydrogens is 318 g/mol. The molecule has 0 aromatic carbocycles. The molecule has 1 atom stereocenters. The van der Waals surface area contributed by atoms with Crippen LogP contribution >= 0.6 is 47.8 Å². The molecule has 0 aliphatic carbocycles. The highest BCUT2D eigenvalue weighted by Gasteiger charge is 2.26. The third-order valence-electron chi connectivity index (χ3n) is 0.861. The summed E-state index contributed by atoms with van der Waals surface area (Å²) in [5, 5.41) is 8.46. The molecule has 0 aromatic heterocycles. The highest BCUT2D eigenvalue weighted by atomic mass is 80.0. The molecule has 0 aromatic rings. The zero-order valence-electron chi connectivity index (χ0n) is 4.65. The van der Waals surface area contributed by atoms with Gasteiger partial charge in [-0.05, 0) is 6.42 Å². The fourth-order valence-electron chi connectivity index (χ4n) is 0.303. The third kappa shape index (κ3) is 4.72. The summed E-state index contributed by atoms with van der Waals surface area (Å²) in [6, 6.07) is -0.137. The van der Waals surface area contributed by atoms with E-state index in [-0.39, 0.29) is 12.6 Å². The Morgan fingerprint density at radius 2 is 1.89 bits per heavy atom. The Morgan fingerprint density at radius 1 is 1.44 bits per heavy atom. The van der Waals surface area contributed by atoms with E-state index in [0.717, 1.165) is 0 Å². The van der Waals surface area contributed by atoms with E-state index in [9.17, 15) is 0 Å². The summed E-state index contributed by atoms with van der Waals surface area (Å²) in [5.74, 6) is 0. The number of nitrogens with two attached hydrogens (primary N) is 1. The topological polar surface area (TPSA) is 46.2 Å². The van der Waals surface area contributed by atoms with Crippen molar-refractivity contribution in [2.75, 3.05) is 6.61 Å². The van der Waals surface area contributed by atoms with Crippen LogP contribution in [-0.2, 0) is 0 Å². The van der Waals surface area contributed by atoms with Crippen molar-refractivity contribution in [1.82, 2.24) is 0 Å². The van der Waals surface area contributed by atoms with Crippen molar-refractivity contribution >= 4 is 47.8 Å². The number of alkyl halides is 3. The van der Waals surface area contributed by atoms with Gasteiger partial charge < -0.3 is 10.8 Å². The maximum atomic E-state index is 8.46. The molecule has 5 heteroatoms. The molecule has 0 heterocycles. The van der Waals surface area contributed by atoms with Crippen molar-refractivity contribution in [2.24, 2.45) is 5.73 Å². The number of aliphatic hydroxyl groups excluding tert-OH is 1. The molecular formula is C4H8Br3NO. The predicted molar refractivity (Wildman–Crippen MR) is 49.2 cm³/mol. The fourth-order valence-corrected chi connectivity index (χ4v) is 0.990. The van der Waals surface area contributed by atoms with Crippen LogP contribution < -0.4 is 5.73 Å². The normalized spacial score (nSPS) is 15.7. The first-order valence-corrected chi connectivity index (χ1v) is 4.79. The van der Waals surface area contributed by atoms with Gasteiger partial charge in [-0.3, -0.25) is 0 Å². The van der Waals surface area contributed by atoms with Crippen molar-refractivity contribution < 1.29 is 5.11 Å². The van der Waals surface area contributed by atoms with Gasteiger partial charge in [-0.2, -0.15) is 0 Å². The second kappa shape index (κ2) is 4.28. The van der Waals surface area contributed by atoms with Crippen molar-refractivity contribution in [3.63, 3.8) is 0 Å². The molecule has 0 spiro atoms. The molecule has 0 rings (SSSR count). The largest absolute Gasteiger partial charge is 0.396 e. The SMILES string of the molecule is NC(CCO)C(Br)(Br)Br. The Hall–Kier alpha value is 1.36. The molecule has 2 nitrogen and oxygen atoms in total. The first-order chi connectivity index (χ1) is 3.98. The summed E-state index contributed by atoms with van der Waals surface area (Å²) in [5.41, 5.74) is 5.56. The highest BCUT2D eigenvalue weighted by Crippen LogP contribution is 2.36. The van der Waals surface area contributed by atoms with Crippen LogP contribution in [-0.4, -0.2) is 19.9 Å². The first-order valence-electron chi connectivity index (χ1n) is 2.41. The van der Waals surface area contributed by atoms with Gasteiger partial charge in [0.05, 0.1) is 0 Å². The lowest BCUT2D eigenvalue weighted by Crippen LogP contribution is -2.34. The lowest BCUT2D eigenvalue weighted by molar-refractivity contribution is 0.278. The first kappa shape index (κ1) is 10.4. The van der Waals surface area contributed by atoms with Crippen molar-refractivity contribution in [3.8, 4) is 0 Å². The van der Waals surface area contributed by atoms with Gasteiger partial charge in [-0.15, -0.1) is 0 Å². The van der Waals surface area contributed by atoms with E-state index < -0.39 is 2.14 Å². The second-order valence-corrected chi connectivity index (χ2v) is 8.61. The van der Waals surface area contributed by atoms with E-state index in [1.165, 1.54) is 0 Å². The smallest absolute Gasteiger partial charge is 0.150 e. The molecule has 1 unspecified atom stereocenters. The molecule has 0 bridgehead atoms. The Kier molecular flexibility index (Phi) is 4.93. The number of hydrogen-bond donors (Lipinski definition) is 2. The maximum absolute atomic E-state index is 8.46. The lowest BCUT2D eigenvalue weighted by atomic mass is 10.3. The molecule has 0 aliphatic heterocycles. The van der Waals surface area contributed by atoms with Gasteiger partial charge in [0.1, 0.15) is 2.14 Å². The molecule has 9 heavy (non-hydrogen) atoms. The Morgan fingerprint density at radius 3 is 2.00 bits per heavy atom. The van der Waals surface area contributed by atoms with Gasteiger partial charge in [0, 0.05) is 12.6 Å². The van der Waals surface area contributed by atoms with Gasteiger partial charge in [-0.25, -0.2) is 0 Å². The maximum Gasteiger partial charge on any atom is 0.150 e. The van der Waals surface area contributed by atoms with Gasteiger partial charge in [0.2, 0.25) is 0 Å². The van der Waals surface area contributed by atoms with E-state index >= 15 is 0 Å². The van der Waals surface area contributed by atoms with Crippen LogP contribution in [0.2, 0.25) is 0 Å². The van der Waals surface area contributed by atoms with E-state index in [4.69, 9.17) is 10.8 Å². The minimum absolute atomic E-state index is 0.103. The van der Waals surface area contributed by atoms with Crippen LogP contribution in [0.1, 0.15) is 6.42 Å². The van der Waals surface area contributed by atoms with Gasteiger partial charge in [0.25, 0.3) is 0 Å². The summed E-state index contributed by atoms with van der Waals surface area (Å²) in [6.07, 6.45) is 0.557. The highest BCUT2D eigenvalue weighted by molar-refractivity contribution is 9.39. The number of aliphatic hydroxyl groups is 1. The third-order valence-corrected chi connectivity index (χ3v) is 2.62. The molecule has 56 valence electrons. The summed E-state index contributed by atoms with van der Waals surface area (Å²) in [7, 11) is 0. The average molecular weight is 326 g/mol.